The van der Waals surface area contributed by atoms with E-state index in [4.69, 9.17) is 9.47 Å². The number of nitrogens with zero attached hydrogens (tertiary/aromatic N) is 2. The van der Waals surface area contributed by atoms with Crippen LogP contribution < -0.4 is 0 Å². The van der Waals surface area contributed by atoms with Gasteiger partial charge in [0.15, 0.2) is 0 Å². The molecule has 120 valence electrons. The Morgan fingerprint density at radius 3 is 3.00 bits per heavy atom. The molecule has 2 aliphatic heterocycles. The number of carbonyl (C=O) groups excluding carboxylic acids is 1. The number of likely N-dealkylation sites (tertiary alicyclic amines) is 1. The van der Waals surface area contributed by atoms with E-state index >= 15 is 0 Å². The topological polar surface area (TPSA) is 51.7 Å². The van der Waals surface area contributed by atoms with Crippen LogP contribution in [0.4, 0.5) is 0 Å². The minimum absolute atomic E-state index is 0.171. The molecular weight excluding hydrogens is 300 g/mol. The van der Waals surface area contributed by atoms with Gasteiger partial charge < -0.3 is 14.4 Å². The van der Waals surface area contributed by atoms with Crippen LogP contribution in [0, 0.1) is 0 Å². The Bertz CT molecular complexity index is 505. The van der Waals surface area contributed by atoms with E-state index in [9.17, 15) is 4.79 Å². The number of hydrogen-bond acceptors (Lipinski definition) is 5. The molecule has 2 saturated heterocycles. The molecule has 1 spiro atoms. The number of aromatic nitrogens is 1. The molecule has 6 heteroatoms. The van der Waals surface area contributed by atoms with Crippen molar-refractivity contribution in [3.63, 3.8) is 0 Å². The van der Waals surface area contributed by atoms with Crippen LogP contribution in [0.25, 0.3) is 0 Å². The van der Waals surface area contributed by atoms with Gasteiger partial charge in [0.25, 0.3) is 0 Å². The number of rotatable bonds is 5. The number of pyridine rings is 1. The van der Waals surface area contributed by atoms with Crippen LogP contribution in [-0.2, 0) is 20.9 Å². The first-order chi connectivity index (χ1) is 10.7. The third kappa shape index (κ3) is 3.62. The Morgan fingerprint density at radius 1 is 1.50 bits per heavy atom. The van der Waals surface area contributed by atoms with E-state index in [1.807, 2.05) is 23.3 Å². The van der Waals surface area contributed by atoms with Crippen molar-refractivity contribution < 1.29 is 14.3 Å². The first kappa shape index (κ1) is 15.8. The van der Waals surface area contributed by atoms with E-state index in [1.54, 1.807) is 24.2 Å². The summed E-state index contributed by atoms with van der Waals surface area (Å²) in [4.78, 5) is 17.8. The monoisotopic (exact) mass is 322 g/mol. The zero-order valence-electron chi connectivity index (χ0n) is 12.9. The molecule has 3 heterocycles. The summed E-state index contributed by atoms with van der Waals surface area (Å²) in [7, 11) is 0. The van der Waals surface area contributed by atoms with Crippen LogP contribution in [-0.4, -0.2) is 59.2 Å². The molecule has 0 N–H and O–H groups in total. The SMILES string of the molecule is CSCC(=O)N1CC2(C[C@@H](OCc3ccncc3)CCO2)C1. The Labute approximate surface area is 135 Å². The fourth-order valence-electron chi connectivity index (χ4n) is 3.08. The number of carbonyl (C=O) groups is 1. The highest BCUT2D eigenvalue weighted by molar-refractivity contribution is 7.99. The fourth-order valence-corrected chi connectivity index (χ4v) is 3.51. The lowest BCUT2D eigenvalue weighted by molar-refractivity contribution is -0.201. The smallest absolute Gasteiger partial charge is 0.232 e. The molecule has 2 aliphatic rings. The second-order valence-corrected chi connectivity index (χ2v) is 6.86. The summed E-state index contributed by atoms with van der Waals surface area (Å²) in [6.45, 7) is 2.74. The molecule has 0 aromatic carbocycles. The van der Waals surface area contributed by atoms with Crippen molar-refractivity contribution >= 4 is 17.7 Å². The van der Waals surface area contributed by atoms with Gasteiger partial charge >= 0.3 is 0 Å². The maximum Gasteiger partial charge on any atom is 0.232 e. The van der Waals surface area contributed by atoms with Gasteiger partial charge in [0.1, 0.15) is 5.60 Å². The van der Waals surface area contributed by atoms with Crippen molar-refractivity contribution in [1.29, 1.82) is 0 Å². The zero-order valence-corrected chi connectivity index (χ0v) is 13.7. The molecular formula is C16H22N2O3S. The average molecular weight is 322 g/mol. The Hall–Kier alpha value is -1.11. The second kappa shape index (κ2) is 6.98. The van der Waals surface area contributed by atoms with E-state index < -0.39 is 0 Å². The lowest BCUT2D eigenvalue weighted by Gasteiger charge is -2.53. The zero-order chi connectivity index (χ0) is 15.4. The Morgan fingerprint density at radius 2 is 2.27 bits per heavy atom. The standard InChI is InChI=1S/C16H22N2O3S/c1-22-10-15(19)18-11-16(12-18)8-14(4-7-21-16)20-9-13-2-5-17-6-3-13/h2-3,5-6,14H,4,7-12H2,1H3/t14-/m0/s1. The predicted molar refractivity (Wildman–Crippen MR) is 85.7 cm³/mol. The van der Waals surface area contributed by atoms with Gasteiger partial charge in [-0.2, -0.15) is 11.8 Å². The van der Waals surface area contributed by atoms with Crippen LogP contribution >= 0.6 is 11.8 Å². The van der Waals surface area contributed by atoms with Gasteiger partial charge in [-0.05, 0) is 30.4 Å². The first-order valence-electron chi connectivity index (χ1n) is 7.62. The van der Waals surface area contributed by atoms with Crippen LogP contribution in [0.1, 0.15) is 18.4 Å². The number of hydrogen-bond donors (Lipinski definition) is 0. The summed E-state index contributed by atoms with van der Waals surface area (Å²) in [5, 5.41) is 0. The maximum absolute atomic E-state index is 11.9. The molecule has 0 aliphatic carbocycles. The highest BCUT2D eigenvalue weighted by Gasteiger charge is 2.49. The molecule has 0 saturated carbocycles. The fraction of sp³-hybridized carbons (Fsp3) is 0.625. The molecule has 2 fully saturated rings. The van der Waals surface area contributed by atoms with E-state index in [0.717, 1.165) is 18.4 Å². The summed E-state index contributed by atoms with van der Waals surface area (Å²) in [5.74, 6) is 0.763. The van der Waals surface area contributed by atoms with Crippen molar-refractivity contribution in [1.82, 2.24) is 9.88 Å². The minimum atomic E-state index is -0.171. The van der Waals surface area contributed by atoms with Crippen LogP contribution in [0.5, 0.6) is 0 Å². The number of thioether (sulfide) groups is 1. The van der Waals surface area contributed by atoms with Crippen molar-refractivity contribution in [3.8, 4) is 0 Å². The molecule has 1 aromatic rings. The summed E-state index contributed by atoms with van der Waals surface area (Å²) >= 11 is 1.57. The lowest BCUT2D eigenvalue weighted by atomic mass is 9.84. The van der Waals surface area contributed by atoms with Gasteiger partial charge in [0.05, 0.1) is 31.6 Å². The third-order valence-electron chi connectivity index (χ3n) is 4.26. The van der Waals surface area contributed by atoms with Crippen molar-refractivity contribution in [3.05, 3.63) is 30.1 Å². The summed E-state index contributed by atoms with van der Waals surface area (Å²) < 4.78 is 12.0. The Kier molecular flexibility index (Phi) is 5.00. The minimum Gasteiger partial charge on any atom is -0.373 e. The van der Waals surface area contributed by atoms with Crippen molar-refractivity contribution in [2.75, 3.05) is 31.7 Å². The molecule has 1 aromatic heterocycles. The molecule has 5 nitrogen and oxygen atoms in total. The van der Waals surface area contributed by atoms with Gasteiger partial charge in [0, 0.05) is 25.4 Å². The third-order valence-corrected chi connectivity index (χ3v) is 4.80. The quantitative estimate of drug-likeness (QED) is 0.826. The average Bonchev–Trinajstić information content (AvgIpc) is 2.52. The van der Waals surface area contributed by atoms with E-state index in [-0.39, 0.29) is 17.6 Å². The molecule has 1 atom stereocenters. The lowest BCUT2D eigenvalue weighted by Crippen LogP contribution is -2.67. The second-order valence-electron chi connectivity index (χ2n) is 6.00. The van der Waals surface area contributed by atoms with Gasteiger partial charge in [0.2, 0.25) is 5.91 Å². The summed E-state index contributed by atoms with van der Waals surface area (Å²) in [6.07, 6.45) is 7.52. The molecule has 0 radical (unpaired) electrons. The summed E-state index contributed by atoms with van der Waals surface area (Å²) in [5.41, 5.74) is 0.968. The van der Waals surface area contributed by atoms with Gasteiger partial charge in [-0.1, -0.05) is 0 Å². The molecule has 3 rings (SSSR count). The number of ether oxygens (including phenoxy) is 2. The van der Waals surface area contributed by atoms with Crippen LogP contribution in [0.15, 0.2) is 24.5 Å². The first-order valence-corrected chi connectivity index (χ1v) is 9.01. The number of amides is 1. The molecule has 0 bridgehead atoms. The molecule has 0 unspecified atom stereocenters. The van der Waals surface area contributed by atoms with E-state index in [0.29, 0.717) is 32.1 Å². The van der Waals surface area contributed by atoms with E-state index in [1.165, 1.54) is 0 Å². The highest BCUT2D eigenvalue weighted by Crippen LogP contribution is 2.35. The predicted octanol–water partition coefficient (Wildman–Crippen LogP) is 1.72. The summed E-state index contributed by atoms with van der Waals surface area (Å²) in [6, 6.07) is 3.95. The van der Waals surface area contributed by atoms with Crippen molar-refractivity contribution in [2.45, 2.75) is 31.2 Å². The van der Waals surface area contributed by atoms with Crippen LogP contribution in [0.2, 0.25) is 0 Å². The highest BCUT2D eigenvalue weighted by atomic mass is 32.2. The van der Waals surface area contributed by atoms with Crippen LogP contribution in [0.3, 0.4) is 0 Å². The maximum atomic E-state index is 11.9. The normalized spacial score (nSPS) is 23.3. The van der Waals surface area contributed by atoms with Gasteiger partial charge in [-0.3, -0.25) is 9.78 Å². The van der Waals surface area contributed by atoms with E-state index in [2.05, 4.69) is 4.98 Å². The molecule has 1 amide bonds. The largest absolute Gasteiger partial charge is 0.373 e. The van der Waals surface area contributed by atoms with Gasteiger partial charge in [-0.25, -0.2) is 0 Å². The van der Waals surface area contributed by atoms with Gasteiger partial charge in [-0.15, -0.1) is 0 Å². The van der Waals surface area contributed by atoms with Crippen molar-refractivity contribution in [2.24, 2.45) is 0 Å². The molecule has 22 heavy (non-hydrogen) atoms. The Balaban J connectivity index is 1.47.